The molecule has 4 heteroatoms. The number of aryl methyl sites for hydroxylation is 1. The number of nitrogens with zero attached hydrogens (tertiary/aromatic N) is 2. The fourth-order valence-electron chi connectivity index (χ4n) is 1.61. The predicted octanol–water partition coefficient (Wildman–Crippen LogP) is 3.59. The number of thiol groups is 1. The standard InChI is InChI=1S/C14H16N2S2/c1-11-7-15-14(16-8-11)18-10-13(9-17)12-5-3-2-4-6-12/h2-8,13,17H,9-10H2,1H3. The molecule has 0 radical (unpaired) electrons. The van der Waals surface area contributed by atoms with E-state index in [2.05, 4.69) is 46.9 Å². The molecule has 0 bridgehead atoms. The van der Waals surface area contributed by atoms with Gasteiger partial charge in [-0.15, -0.1) is 0 Å². The second-order valence-electron chi connectivity index (χ2n) is 4.14. The largest absolute Gasteiger partial charge is 0.231 e. The Kier molecular flexibility index (Phi) is 5.08. The Morgan fingerprint density at radius 2 is 1.83 bits per heavy atom. The summed E-state index contributed by atoms with van der Waals surface area (Å²) in [6.45, 7) is 1.99. The zero-order chi connectivity index (χ0) is 12.8. The third-order valence-corrected chi connectivity index (χ3v) is 4.14. The average molecular weight is 276 g/mol. The number of benzene rings is 1. The van der Waals surface area contributed by atoms with Crippen LogP contribution in [0.4, 0.5) is 0 Å². The van der Waals surface area contributed by atoms with E-state index in [1.54, 1.807) is 11.8 Å². The maximum absolute atomic E-state index is 4.44. The lowest BCUT2D eigenvalue weighted by Crippen LogP contribution is -2.04. The molecule has 0 saturated heterocycles. The highest BCUT2D eigenvalue weighted by molar-refractivity contribution is 7.99. The number of thioether (sulfide) groups is 1. The Bertz CT molecular complexity index is 471. The van der Waals surface area contributed by atoms with E-state index in [0.717, 1.165) is 22.2 Å². The Balaban J connectivity index is 1.97. The molecule has 1 aromatic heterocycles. The maximum atomic E-state index is 4.44. The van der Waals surface area contributed by atoms with Gasteiger partial charge in [0.2, 0.25) is 0 Å². The van der Waals surface area contributed by atoms with Crippen LogP contribution in [0.15, 0.2) is 47.9 Å². The van der Waals surface area contributed by atoms with Crippen molar-refractivity contribution in [2.24, 2.45) is 0 Å². The first-order valence-electron chi connectivity index (χ1n) is 5.87. The van der Waals surface area contributed by atoms with Crippen LogP contribution in [0.25, 0.3) is 0 Å². The monoisotopic (exact) mass is 276 g/mol. The molecule has 2 aromatic rings. The molecule has 1 atom stereocenters. The summed E-state index contributed by atoms with van der Waals surface area (Å²) in [6, 6.07) is 10.5. The lowest BCUT2D eigenvalue weighted by atomic mass is 10.0. The smallest absolute Gasteiger partial charge is 0.187 e. The molecule has 0 aliphatic carbocycles. The van der Waals surface area contributed by atoms with Crippen molar-refractivity contribution in [3.63, 3.8) is 0 Å². The zero-order valence-corrected chi connectivity index (χ0v) is 12.0. The van der Waals surface area contributed by atoms with E-state index < -0.39 is 0 Å². The molecule has 2 rings (SSSR count). The number of aromatic nitrogens is 2. The lowest BCUT2D eigenvalue weighted by molar-refractivity contribution is 0.885. The van der Waals surface area contributed by atoms with Crippen LogP contribution >= 0.6 is 24.4 Å². The second kappa shape index (κ2) is 6.81. The van der Waals surface area contributed by atoms with Crippen molar-refractivity contribution >= 4 is 24.4 Å². The molecule has 0 aliphatic rings. The summed E-state index contributed by atoms with van der Waals surface area (Å²) < 4.78 is 0. The van der Waals surface area contributed by atoms with E-state index in [1.807, 2.05) is 25.4 Å². The molecule has 0 aliphatic heterocycles. The van der Waals surface area contributed by atoms with Gasteiger partial charge in [-0.2, -0.15) is 12.6 Å². The topological polar surface area (TPSA) is 25.8 Å². The summed E-state index contributed by atoms with van der Waals surface area (Å²) in [7, 11) is 0. The van der Waals surface area contributed by atoms with E-state index in [4.69, 9.17) is 0 Å². The molecule has 0 amide bonds. The first-order chi connectivity index (χ1) is 8.79. The van der Waals surface area contributed by atoms with Gasteiger partial charge < -0.3 is 0 Å². The molecule has 0 spiro atoms. The third-order valence-electron chi connectivity index (χ3n) is 2.66. The predicted molar refractivity (Wildman–Crippen MR) is 80.5 cm³/mol. The van der Waals surface area contributed by atoms with Crippen molar-refractivity contribution in [1.82, 2.24) is 9.97 Å². The SMILES string of the molecule is Cc1cnc(SCC(CS)c2ccccc2)nc1. The van der Waals surface area contributed by atoms with Gasteiger partial charge in [-0.05, 0) is 23.8 Å². The van der Waals surface area contributed by atoms with Crippen LogP contribution in [-0.2, 0) is 0 Å². The highest BCUT2D eigenvalue weighted by Crippen LogP contribution is 2.24. The molecule has 1 unspecified atom stereocenters. The van der Waals surface area contributed by atoms with E-state index in [9.17, 15) is 0 Å². The van der Waals surface area contributed by atoms with E-state index >= 15 is 0 Å². The second-order valence-corrected chi connectivity index (χ2v) is 5.50. The minimum atomic E-state index is 0.435. The van der Waals surface area contributed by atoms with Crippen molar-refractivity contribution < 1.29 is 0 Å². The normalized spacial score (nSPS) is 12.3. The van der Waals surface area contributed by atoms with Crippen LogP contribution in [0.5, 0.6) is 0 Å². The van der Waals surface area contributed by atoms with Crippen molar-refractivity contribution in [2.75, 3.05) is 11.5 Å². The molecular formula is C14H16N2S2. The summed E-state index contributed by atoms with van der Waals surface area (Å²) in [5, 5.41) is 0.836. The number of hydrogen-bond acceptors (Lipinski definition) is 4. The first-order valence-corrected chi connectivity index (χ1v) is 7.48. The molecular weight excluding hydrogens is 260 g/mol. The van der Waals surface area contributed by atoms with Gasteiger partial charge in [-0.25, -0.2) is 9.97 Å². The maximum Gasteiger partial charge on any atom is 0.187 e. The minimum absolute atomic E-state index is 0.435. The zero-order valence-electron chi connectivity index (χ0n) is 10.3. The summed E-state index contributed by atoms with van der Waals surface area (Å²) in [6.07, 6.45) is 3.71. The molecule has 1 aromatic carbocycles. The first kappa shape index (κ1) is 13.4. The molecule has 0 saturated carbocycles. The Morgan fingerprint density at radius 3 is 2.44 bits per heavy atom. The fourth-order valence-corrected chi connectivity index (χ4v) is 3.04. The number of hydrogen-bond donors (Lipinski definition) is 1. The van der Waals surface area contributed by atoms with Crippen molar-refractivity contribution in [2.45, 2.75) is 18.0 Å². The summed E-state index contributed by atoms with van der Waals surface area (Å²) >= 11 is 6.12. The molecule has 18 heavy (non-hydrogen) atoms. The van der Waals surface area contributed by atoms with Crippen LogP contribution in [-0.4, -0.2) is 21.5 Å². The summed E-state index contributed by atoms with van der Waals surface area (Å²) in [5.41, 5.74) is 2.42. The molecule has 0 N–H and O–H groups in total. The van der Waals surface area contributed by atoms with Crippen molar-refractivity contribution in [1.29, 1.82) is 0 Å². The van der Waals surface area contributed by atoms with E-state index in [-0.39, 0.29) is 0 Å². The molecule has 94 valence electrons. The van der Waals surface area contributed by atoms with Gasteiger partial charge >= 0.3 is 0 Å². The van der Waals surface area contributed by atoms with Crippen LogP contribution in [0.3, 0.4) is 0 Å². The quantitative estimate of drug-likeness (QED) is 0.513. The van der Waals surface area contributed by atoms with Gasteiger partial charge in [-0.3, -0.25) is 0 Å². The van der Waals surface area contributed by atoms with Crippen LogP contribution in [0, 0.1) is 6.92 Å². The molecule has 2 nitrogen and oxygen atoms in total. The van der Waals surface area contributed by atoms with Gasteiger partial charge in [0, 0.05) is 24.1 Å². The Labute approximate surface area is 118 Å². The van der Waals surface area contributed by atoms with Crippen molar-refractivity contribution in [3.8, 4) is 0 Å². The highest BCUT2D eigenvalue weighted by Gasteiger charge is 2.10. The van der Waals surface area contributed by atoms with E-state index in [1.165, 1.54) is 5.56 Å². The summed E-state index contributed by atoms with van der Waals surface area (Å²) in [5.74, 6) is 2.23. The number of rotatable bonds is 5. The van der Waals surface area contributed by atoms with Gasteiger partial charge in [0.1, 0.15) is 0 Å². The Hall–Kier alpha value is -1.00. The van der Waals surface area contributed by atoms with Crippen LogP contribution in [0.2, 0.25) is 0 Å². The lowest BCUT2D eigenvalue weighted by Gasteiger charge is -2.13. The van der Waals surface area contributed by atoms with Crippen molar-refractivity contribution in [3.05, 3.63) is 53.9 Å². The third kappa shape index (κ3) is 3.75. The Morgan fingerprint density at radius 1 is 1.17 bits per heavy atom. The average Bonchev–Trinajstić information content (AvgIpc) is 2.43. The van der Waals surface area contributed by atoms with Gasteiger partial charge in [0.05, 0.1) is 0 Å². The summed E-state index contributed by atoms with van der Waals surface area (Å²) in [4.78, 5) is 8.61. The van der Waals surface area contributed by atoms with Gasteiger partial charge in [-0.1, -0.05) is 42.1 Å². The molecule has 1 heterocycles. The van der Waals surface area contributed by atoms with Crippen LogP contribution in [0.1, 0.15) is 17.0 Å². The highest BCUT2D eigenvalue weighted by atomic mass is 32.2. The van der Waals surface area contributed by atoms with Crippen LogP contribution < -0.4 is 0 Å². The molecule has 0 fully saturated rings. The van der Waals surface area contributed by atoms with Gasteiger partial charge in [0.25, 0.3) is 0 Å². The van der Waals surface area contributed by atoms with Gasteiger partial charge in [0.15, 0.2) is 5.16 Å². The minimum Gasteiger partial charge on any atom is -0.231 e. The fraction of sp³-hybridized carbons (Fsp3) is 0.286. The van der Waals surface area contributed by atoms with E-state index in [0.29, 0.717) is 5.92 Å².